The highest BCUT2D eigenvalue weighted by molar-refractivity contribution is 5.75. The van der Waals surface area contributed by atoms with Gasteiger partial charge in [0, 0.05) is 25.6 Å². The molecule has 4 nitrogen and oxygen atoms in total. The Balaban J connectivity index is 1.94. The van der Waals surface area contributed by atoms with Crippen LogP contribution in [0.15, 0.2) is 24.3 Å². The second-order valence-corrected chi connectivity index (χ2v) is 5.31. The van der Waals surface area contributed by atoms with Crippen LogP contribution in [0.1, 0.15) is 30.5 Å². The van der Waals surface area contributed by atoms with E-state index in [9.17, 15) is 4.79 Å². The molecule has 0 saturated carbocycles. The van der Waals surface area contributed by atoms with Gasteiger partial charge in [0.15, 0.2) is 0 Å². The summed E-state index contributed by atoms with van der Waals surface area (Å²) in [5.41, 5.74) is 2.33. The lowest BCUT2D eigenvalue weighted by molar-refractivity contribution is 0.195. The van der Waals surface area contributed by atoms with E-state index in [1.165, 1.54) is 5.56 Å². The Bertz CT molecular complexity index is 448. The Kier molecular flexibility index (Phi) is 4.43. The Hall–Kier alpha value is -1.55. The minimum atomic E-state index is -0.0355. The number of carbonyl (C=O) groups excluding carboxylic acids is 1. The van der Waals surface area contributed by atoms with Crippen molar-refractivity contribution in [3.05, 3.63) is 35.4 Å². The average molecular weight is 262 g/mol. The van der Waals surface area contributed by atoms with E-state index in [-0.39, 0.29) is 24.6 Å². The van der Waals surface area contributed by atoms with E-state index in [4.69, 9.17) is 5.11 Å². The summed E-state index contributed by atoms with van der Waals surface area (Å²) in [6, 6.07) is 8.05. The molecule has 0 bridgehead atoms. The van der Waals surface area contributed by atoms with Crippen LogP contribution in [0.4, 0.5) is 4.79 Å². The number of likely N-dealkylation sites (tertiary alicyclic amines) is 1. The summed E-state index contributed by atoms with van der Waals surface area (Å²) in [5, 5.41) is 12.1. The number of nitrogens with one attached hydrogen (secondary N) is 1. The van der Waals surface area contributed by atoms with Gasteiger partial charge in [-0.25, -0.2) is 4.79 Å². The van der Waals surface area contributed by atoms with Gasteiger partial charge in [-0.05, 0) is 31.4 Å². The average Bonchev–Trinajstić information content (AvgIpc) is 2.88. The SMILES string of the molecule is Cc1ccccc1C(C)NC(=O)N1CCC(CO)C1. The number of urea groups is 1. The molecule has 0 radical (unpaired) electrons. The van der Waals surface area contributed by atoms with Crippen molar-refractivity contribution in [3.8, 4) is 0 Å². The first-order valence-electron chi connectivity index (χ1n) is 6.83. The number of aryl methyl sites for hydroxylation is 1. The minimum Gasteiger partial charge on any atom is -0.396 e. The molecule has 1 aromatic rings. The summed E-state index contributed by atoms with van der Waals surface area (Å²) in [4.78, 5) is 13.9. The molecule has 4 heteroatoms. The highest BCUT2D eigenvalue weighted by Crippen LogP contribution is 2.19. The third-order valence-corrected chi connectivity index (χ3v) is 3.83. The molecule has 19 heavy (non-hydrogen) atoms. The molecular weight excluding hydrogens is 240 g/mol. The summed E-state index contributed by atoms with van der Waals surface area (Å²) >= 11 is 0. The van der Waals surface area contributed by atoms with E-state index in [1.54, 1.807) is 4.90 Å². The lowest BCUT2D eigenvalue weighted by Gasteiger charge is -2.22. The van der Waals surface area contributed by atoms with Crippen LogP contribution in [-0.2, 0) is 0 Å². The first-order valence-corrected chi connectivity index (χ1v) is 6.83. The van der Waals surface area contributed by atoms with Crippen molar-refractivity contribution >= 4 is 6.03 Å². The van der Waals surface area contributed by atoms with Crippen LogP contribution in [0.5, 0.6) is 0 Å². The summed E-state index contributed by atoms with van der Waals surface area (Å²) in [5.74, 6) is 0.236. The standard InChI is InChI=1S/C15H22N2O2/c1-11-5-3-4-6-14(11)12(2)16-15(19)17-8-7-13(9-17)10-18/h3-6,12-13,18H,7-10H2,1-2H3,(H,16,19). The van der Waals surface area contributed by atoms with Gasteiger partial charge < -0.3 is 15.3 Å². The predicted molar refractivity (Wildman–Crippen MR) is 74.9 cm³/mol. The molecule has 2 unspecified atom stereocenters. The molecular formula is C15H22N2O2. The number of hydrogen-bond acceptors (Lipinski definition) is 2. The van der Waals surface area contributed by atoms with Gasteiger partial charge in [0.2, 0.25) is 0 Å². The smallest absolute Gasteiger partial charge is 0.317 e. The van der Waals surface area contributed by atoms with Crippen LogP contribution in [0.2, 0.25) is 0 Å². The Morgan fingerprint density at radius 1 is 1.53 bits per heavy atom. The van der Waals surface area contributed by atoms with Gasteiger partial charge in [0.25, 0.3) is 0 Å². The number of rotatable bonds is 3. The zero-order chi connectivity index (χ0) is 13.8. The molecule has 0 spiro atoms. The van der Waals surface area contributed by atoms with E-state index in [2.05, 4.69) is 18.3 Å². The third-order valence-electron chi connectivity index (χ3n) is 3.83. The fourth-order valence-electron chi connectivity index (χ4n) is 2.59. The Labute approximate surface area is 114 Å². The molecule has 0 aliphatic carbocycles. The maximum Gasteiger partial charge on any atom is 0.317 e. The van der Waals surface area contributed by atoms with E-state index < -0.39 is 0 Å². The van der Waals surface area contributed by atoms with Crippen molar-refractivity contribution in [1.29, 1.82) is 0 Å². The summed E-state index contributed by atoms with van der Waals surface area (Å²) in [7, 11) is 0. The van der Waals surface area contributed by atoms with Crippen LogP contribution in [0, 0.1) is 12.8 Å². The lowest BCUT2D eigenvalue weighted by Crippen LogP contribution is -2.40. The molecule has 1 aliphatic heterocycles. The van der Waals surface area contributed by atoms with Gasteiger partial charge >= 0.3 is 6.03 Å². The molecule has 1 saturated heterocycles. The topological polar surface area (TPSA) is 52.6 Å². The summed E-state index contributed by atoms with van der Waals surface area (Å²) in [6.07, 6.45) is 0.892. The van der Waals surface area contributed by atoms with Gasteiger partial charge in [-0.1, -0.05) is 24.3 Å². The molecule has 2 amide bonds. The Morgan fingerprint density at radius 3 is 2.89 bits per heavy atom. The van der Waals surface area contributed by atoms with E-state index in [0.29, 0.717) is 6.54 Å². The highest BCUT2D eigenvalue weighted by atomic mass is 16.3. The Morgan fingerprint density at radius 2 is 2.26 bits per heavy atom. The lowest BCUT2D eigenvalue weighted by atomic mass is 10.0. The molecule has 1 heterocycles. The van der Waals surface area contributed by atoms with Crippen molar-refractivity contribution in [2.24, 2.45) is 5.92 Å². The zero-order valence-electron chi connectivity index (χ0n) is 11.6. The number of aliphatic hydroxyl groups excluding tert-OH is 1. The van der Waals surface area contributed by atoms with Gasteiger partial charge in [0.05, 0.1) is 6.04 Å². The summed E-state index contributed by atoms with van der Waals surface area (Å²) < 4.78 is 0. The molecule has 104 valence electrons. The van der Waals surface area contributed by atoms with Crippen molar-refractivity contribution in [1.82, 2.24) is 10.2 Å². The van der Waals surface area contributed by atoms with Crippen molar-refractivity contribution in [3.63, 3.8) is 0 Å². The van der Waals surface area contributed by atoms with Crippen LogP contribution in [0.25, 0.3) is 0 Å². The number of nitrogens with zero attached hydrogens (tertiary/aromatic N) is 1. The van der Waals surface area contributed by atoms with Crippen molar-refractivity contribution in [2.45, 2.75) is 26.3 Å². The maximum atomic E-state index is 12.1. The van der Waals surface area contributed by atoms with E-state index >= 15 is 0 Å². The highest BCUT2D eigenvalue weighted by Gasteiger charge is 2.26. The van der Waals surface area contributed by atoms with Crippen LogP contribution in [0.3, 0.4) is 0 Å². The number of carbonyl (C=O) groups is 1. The first kappa shape index (κ1) is 13.9. The maximum absolute atomic E-state index is 12.1. The largest absolute Gasteiger partial charge is 0.396 e. The molecule has 0 aromatic heterocycles. The number of aliphatic hydroxyl groups is 1. The van der Waals surface area contributed by atoms with Crippen molar-refractivity contribution < 1.29 is 9.90 Å². The molecule has 2 N–H and O–H groups in total. The molecule has 1 aliphatic rings. The first-order chi connectivity index (χ1) is 9.11. The monoisotopic (exact) mass is 262 g/mol. The second kappa shape index (κ2) is 6.06. The van der Waals surface area contributed by atoms with Crippen molar-refractivity contribution in [2.75, 3.05) is 19.7 Å². The molecule has 2 rings (SSSR count). The normalized spacial score (nSPS) is 20.4. The quantitative estimate of drug-likeness (QED) is 0.876. The van der Waals surface area contributed by atoms with Crippen LogP contribution >= 0.6 is 0 Å². The second-order valence-electron chi connectivity index (χ2n) is 5.31. The third kappa shape index (κ3) is 3.26. The van der Waals surface area contributed by atoms with E-state index in [1.807, 2.05) is 25.1 Å². The number of hydrogen-bond donors (Lipinski definition) is 2. The molecule has 1 aromatic carbocycles. The van der Waals surface area contributed by atoms with Crippen LogP contribution < -0.4 is 5.32 Å². The van der Waals surface area contributed by atoms with Gasteiger partial charge in [0.1, 0.15) is 0 Å². The fourth-order valence-corrected chi connectivity index (χ4v) is 2.59. The zero-order valence-corrected chi connectivity index (χ0v) is 11.6. The van der Waals surface area contributed by atoms with Gasteiger partial charge in [-0.3, -0.25) is 0 Å². The number of amides is 2. The van der Waals surface area contributed by atoms with Crippen LogP contribution in [-0.4, -0.2) is 35.7 Å². The number of benzene rings is 1. The van der Waals surface area contributed by atoms with Gasteiger partial charge in [-0.15, -0.1) is 0 Å². The minimum absolute atomic E-state index is 0.00174. The predicted octanol–water partition coefficient (Wildman–Crippen LogP) is 2.08. The fraction of sp³-hybridized carbons (Fsp3) is 0.533. The summed E-state index contributed by atoms with van der Waals surface area (Å²) in [6.45, 7) is 5.60. The van der Waals surface area contributed by atoms with E-state index in [0.717, 1.165) is 18.5 Å². The molecule has 1 fully saturated rings. The molecule has 2 atom stereocenters. The van der Waals surface area contributed by atoms with Gasteiger partial charge in [-0.2, -0.15) is 0 Å².